The highest BCUT2D eigenvalue weighted by molar-refractivity contribution is 5.95. The molecule has 6 heteroatoms. The van der Waals surface area contributed by atoms with Gasteiger partial charge in [0.15, 0.2) is 0 Å². The van der Waals surface area contributed by atoms with E-state index in [1.54, 1.807) is 19.2 Å². The minimum atomic E-state index is -0.275. The summed E-state index contributed by atoms with van der Waals surface area (Å²) in [5, 5.41) is 5.82. The van der Waals surface area contributed by atoms with Crippen LogP contribution in [0.15, 0.2) is 48.5 Å². The number of hydrogen-bond donors (Lipinski definition) is 2. The second-order valence-electron chi connectivity index (χ2n) is 7.50. The van der Waals surface area contributed by atoms with Crippen molar-refractivity contribution in [2.45, 2.75) is 38.8 Å². The highest BCUT2D eigenvalue weighted by atomic mass is 16.5. The molecule has 2 aromatic rings. The molecule has 0 aromatic heterocycles. The lowest BCUT2D eigenvalue weighted by Gasteiger charge is -2.19. The third kappa shape index (κ3) is 6.06. The fourth-order valence-corrected chi connectivity index (χ4v) is 3.52. The van der Waals surface area contributed by atoms with E-state index in [-0.39, 0.29) is 24.3 Å². The highest BCUT2D eigenvalue weighted by Gasteiger charge is 2.15. The first kappa shape index (κ1) is 20.9. The molecule has 0 aliphatic carbocycles. The predicted molar refractivity (Wildman–Crippen MR) is 115 cm³/mol. The number of anilines is 2. The summed E-state index contributed by atoms with van der Waals surface area (Å²) in [6, 6.07) is 14.9. The molecule has 3 rings (SSSR count). The minimum Gasteiger partial charge on any atom is -0.380 e. The molecule has 0 bridgehead atoms. The summed E-state index contributed by atoms with van der Waals surface area (Å²) in [6.45, 7) is 4.47. The van der Waals surface area contributed by atoms with Crippen LogP contribution in [0.3, 0.4) is 0 Å². The minimum absolute atomic E-state index is 0.119. The van der Waals surface area contributed by atoms with Gasteiger partial charge in [-0.3, -0.25) is 9.59 Å². The van der Waals surface area contributed by atoms with Crippen molar-refractivity contribution in [3.05, 3.63) is 59.7 Å². The molecule has 6 nitrogen and oxygen atoms in total. The SMILES string of the molecule is COCc1ccc(C(=O)NC(C)CC(=O)Nc2cccc(N3CCCC3)c2)cc1. The number of amides is 2. The number of methoxy groups -OCH3 is 1. The van der Waals surface area contributed by atoms with Gasteiger partial charge in [-0.2, -0.15) is 0 Å². The first-order valence-corrected chi connectivity index (χ1v) is 10.1. The monoisotopic (exact) mass is 395 g/mol. The van der Waals surface area contributed by atoms with Gasteiger partial charge in [0.05, 0.1) is 6.61 Å². The van der Waals surface area contributed by atoms with Crippen LogP contribution in [-0.4, -0.2) is 38.1 Å². The van der Waals surface area contributed by atoms with Crippen LogP contribution in [0.25, 0.3) is 0 Å². The van der Waals surface area contributed by atoms with Crippen molar-refractivity contribution in [1.29, 1.82) is 0 Å². The van der Waals surface area contributed by atoms with E-state index >= 15 is 0 Å². The van der Waals surface area contributed by atoms with E-state index in [2.05, 4.69) is 21.6 Å². The normalized spacial score (nSPS) is 14.5. The Labute approximate surface area is 172 Å². The topological polar surface area (TPSA) is 70.7 Å². The lowest BCUT2D eigenvalue weighted by Crippen LogP contribution is -2.35. The molecule has 154 valence electrons. The third-order valence-electron chi connectivity index (χ3n) is 5.00. The van der Waals surface area contributed by atoms with Crippen molar-refractivity contribution in [3.63, 3.8) is 0 Å². The fourth-order valence-electron chi connectivity index (χ4n) is 3.52. The van der Waals surface area contributed by atoms with Crippen LogP contribution in [0.4, 0.5) is 11.4 Å². The first-order chi connectivity index (χ1) is 14.0. The zero-order valence-corrected chi connectivity index (χ0v) is 17.1. The van der Waals surface area contributed by atoms with Crippen molar-refractivity contribution >= 4 is 23.2 Å². The summed E-state index contributed by atoms with van der Waals surface area (Å²) in [7, 11) is 1.63. The lowest BCUT2D eigenvalue weighted by atomic mass is 10.1. The number of ether oxygens (including phenoxy) is 1. The van der Waals surface area contributed by atoms with E-state index in [0.717, 1.165) is 30.0 Å². The van der Waals surface area contributed by atoms with Crippen LogP contribution in [0, 0.1) is 0 Å². The molecule has 1 aliphatic rings. The predicted octanol–water partition coefficient (Wildman–Crippen LogP) is 3.58. The number of carbonyl (C=O) groups is 2. The molecule has 2 aromatic carbocycles. The van der Waals surface area contributed by atoms with Crippen LogP contribution >= 0.6 is 0 Å². The molecule has 1 unspecified atom stereocenters. The van der Waals surface area contributed by atoms with Gasteiger partial charge >= 0.3 is 0 Å². The number of hydrogen-bond acceptors (Lipinski definition) is 4. The van der Waals surface area contributed by atoms with Gasteiger partial charge in [0.2, 0.25) is 5.91 Å². The van der Waals surface area contributed by atoms with Gasteiger partial charge in [0, 0.05) is 49.6 Å². The summed E-state index contributed by atoms with van der Waals surface area (Å²) >= 11 is 0. The number of benzene rings is 2. The largest absolute Gasteiger partial charge is 0.380 e. The van der Waals surface area contributed by atoms with Crippen molar-refractivity contribution in [3.8, 4) is 0 Å². The zero-order chi connectivity index (χ0) is 20.6. The molecule has 29 heavy (non-hydrogen) atoms. The van der Waals surface area contributed by atoms with E-state index in [4.69, 9.17) is 4.74 Å². The van der Waals surface area contributed by atoms with E-state index in [1.807, 2.05) is 37.3 Å². The van der Waals surface area contributed by atoms with Crippen LogP contribution in [0.1, 0.15) is 42.1 Å². The second kappa shape index (κ2) is 10.1. The van der Waals surface area contributed by atoms with E-state index in [1.165, 1.54) is 12.8 Å². The average molecular weight is 396 g/mol. The van der Waals surface area contributed by atoms with Crippen LogP contribution in [-0.2, 0) is 16.1 Å². The van der Waals surface area contributed by atoms with E-state index in [0.29, 0.717) is 12.2 Å². The Balaban J connectivity index is 1.50. The Morgan fingerprint density at radius 3 is 2.52 bits per heavy atom. The smallest absolute Gasteiger partial charge is 0.251 e. The van der Waals surface area contributed by atoms with Crippen LogP contribution < -0.4 is 15.5 Å². The zero-order valence-electron chi connectivity index (χ0n) is 17.1. The molecular formula is C23H29N3O3. The number of nitrogens with one attached hydrogen (secondary N) is 2. The molecule has 2 N–H and O–H groups in total. The summed E-state index contributed by atoms with van der Waals surface area (Å²) in [5.41, 5.74) is 3.49. The number of rotatable bonds is 8. The summed E-state index contributed by atoms with van der Waals surface area (Å²) in [6.07, 6.45) is 2.63. The van der Waals surface area contributed by atoms with Gasteiger partial charge in [-0.05, 0) is 55.7 Å². The second-order valence-corrected chi connectivity index (χ2v) is 7.50. The first-order valence-electron chi connectivity index (χ1n) is 10.1. The Hall–Kier alpha value is -2.86. The fraction of sp³-hybridized carbons (Fsp3) is 0.391. The molecule has 1 atom stereocenters. The molecule has 1 fully saturated rings. The van der Waals surface area contributed by atoms with Gasteiger partial charge in [-0.25, -0.2) is 0 Å². The summed E-state index contributed by atoms with van der Waals surface area (Å²) < 4.78 is 5.07. The van der Waals surface area contributed by atoms with Gasteiger partial charge in [-0.1, -0.05) is 18.2 Å². The van der Waals surface area contributed by atoms with Crippen molar-refractivity contribution in [2.75, 3.05) is 30.4 Å². The maximum Gasteiger partial charge on any atom is 0.251 e. The molecular weight excluding hydrogens is 366 g/mol. The molecule has 1 saturated heterocycles. The van der Waals surface area contributed by atoms with Gasteiger partial charge in [0.1, 0.15) is 0 Å². The third-order valence-corrected chi connectivity index (χ3v) is 5.00. The van der Waals surface area contributed by atoms with E-state index < -0.39 is 0 Å². The molecule has 1 aliphatic heterocycles. The van der Waals surface area contributed by atoms with Gasteiger partial charge in [0.25, 0.3) is 5.91 Å². The highest BCUT2D eigenvalue weighted by Crippen LogP contribution is 2.23. The van der Waals surface area contributed by atoms with Crippen molar-refractivity contribution in [2.24, 2.45) is 0 Å². The quantitative estimate of drug-likeness (QED) is 0.717. The maximum atomic E-state index is 12.4. The molecule has 1 heterocycles. The number of carbonyl (C=O) groups excluding carboxylic acids is 2. The number of nitrogens with zero attached hydrogens (tertiary/aromatic N) is 1. The van der Waals surface area contributed by atoms with Crippen molar-refractivity contribution < 1.29 is 14.3 Å². The van der Waals surface area contributed by atoms with Crippen LogP contribution in [0.5, 0.6) is 0 Å². The van der Waals surface area contributed by atoms with Gasteiger partial charge < -0.3 is 20.3 Å². The summed E-state index contributed by atoms with van der Waals surface area (Å²) in [5.74, 6) is -0.308. The molecule has 0 radical (unpaired) electrons. The Bertz CT molecular complexity index is 830. The lowest BCUT2D eigenvalue weighted by molar-refractivity contribution is -0.116. The maximum absolute atomic E-state index is 12.4. The standard InChI is InChI=1S/C23H29N3O3/c1-17(24-23(28)19-10-8-18(9-11-19)16-29-2)14-22(27)25-20-6-5-7-21(15-20)26-12-3-4-13-26/h5-11,15,17H,3-4,12-14,16H2,1-2H3,(H,24,28)(H,25,27). The molecule has 2 amide bonds. The molecule has 0 spiro atoms. The Kier molecular flexibility index (Phi) is 7.25. The molecule has 0 saturated carbocycles. The summed E-state index contributed by atoms with van der Waals surface area (Å²) in [4.78, 5) is 27.1. The van der Waals surface area contributed by atoms with Gasteiger partial charge in [-0.15, -0.1) is 0 Å². The van der Waals surface area contributed by atoms with Crippen LogP contribution in [0.2, 0.25) is 0 Å². The Morgan fingerprint density at radius 1 is 1.10 bits per heavy atom. The average Bonchev–Trinajstić information content (AvgIpc) is 3.23. The van der Waals surface area contributed by atoms with E-state index in [9.17, 15) is 9.59 Å². The van der Waals surface area contributed by atoms with Crippen molar-refractivity contribution in [1.82, 2.24) is 5.32 Å². The Morgan fingerprint density at radius 2 is 1.83 bits per heavy atom.